The molecule has 1 saturated carbocycles. The highest BCUT2D eigenvalue weighted by Crippen LogP contribution is 2.35. The number of rotatable bonds is 2. The highest BCUT2D eigenvalue weighted by atomic mass is 16.4. The molecule has 1 aliphatic carbocycles. The zero-order chi connectivity index (χ0) is 15.0. The van der Waals surface area contributed by atoms with Gasteiger partial charge in [0.2, 0.25) is 0 Å². The van der Waals surface area contributed by atoms with E-state index < -0.39 is 11.5 Å². The van der Waals surface area contributed by atoms with E-state index in [9.17, 15) is 14.7 Å². The number of hydrogen-bond acceptors (Lipinski definition) is 3. The molecule has 1 heterocycles. The monoisotopic (exact) mass is 289 g/mol. The number of carboxylic acid groups (broad SMARTS) is 1. The Morgan fingerprint density at radius 3 is 2.43 bits per heavy atom. The number of carbonyl (C=O) groups excluding carboxylic acids is 1. The van der Waals surface area contributed by atoms with Gasteiger partial charge in [0.25, 0.3) is 0 Å². The second kappa shape index (κ2) is 4.95. The highest BCUT2D eigenvalue weighted by molar-refractivity contribution is 5.99. The molecule has 2 N–H and O–H groups in total. The number of para-hydroxylation sites is 2. The third kappa shape index (κ3) is 2.20. The van der Waals surface area contributed by atoms with Crippen molar-refractivity contribution in [1.29, 1.82) is 0 Å². The van der Waals surface area contributed by atoms with Crippen molar-refractivity contribution >= 4 is 23.4 Å². The minimum absolute atomic E-state index is 0.322. The molecular weight excluding hydrogens is 270 g/mol. The SMILES string of the molecule is CN1CCN(C(=O)NC2(C(=O)O)CCC2)c2ccccc21. The molecule has 0 radical (unpaired) electrons. The molecule has 1 aromatic carbocycles. The number of carboxylic acids is 1. The molecule has 0 unspecified atom stereocenters. The average molecular weight is 289 g/mol. The Kier molecular flexibility index (Phi) is 3.23. The van der Waals surface area contributed by atoms with Gasteiger partial charge in [-0.1, -0.05) is 12.1 Å². The summed E-state index contributed by atoms with van der Waals surface area (Å²) in [4.78, 5) is 27.6. The Morgan fingerprint density at radius 1 is 1.19 bits per heavy atom. The summed E-state index contributed by atoms with van der Waals surface area (Å²) >= 11 is 0. The second-order valence-corrected chi connectivity index (χ2v) is 5.73. The van der Waals surface area contributed by atoms with E-state index >= 15 is 0 Å². The van der Waals surface area contributed by atoms with Crippen LogP contribution >= 0.6 is 0 Å². The van der Waals surface area contributed by atoms with Gasteiger partial charge in [-0.15, -0.1) is 0 Å². The van der Waals surface area contributed by atoms with Crippen LogP contribution in [0.3, 0.4) is 0 Å². The zero-order valence-electron chi connectivity index (χ0n) is 12.0. The third-order valence-corrected chi connectivity index (χ3v) is 4.45. The Morgan fingerprint density at radius 2 is 1.86 bits per heavy atom. The molecule has 2 aliphatic rings. The summed E-state index contributed by atoms with van der Waals surface area (Å²) < 4.78 is 0. The molecular formula is C15H19N3O3. The summed E-state index contributed by atoms with van der Waals surface area (Å²) in [6.07, 6.45) is 1.85. The standard InChI is InChI=1S/C15H19N3O3/c1-17-9-10-18(12-6-3-2-5-11(12)17)14(21)16-15(13(19)20)7-4-8-15/h2-3,5-6H,4,7-10H2,1H3,(H,16,21)(H,19,20). The van der Waals surface area contributed by atoms with Gasteiger partial charge < -0.3 is 15.3 Å². The first kappa shape index (κ1) is 13.7. The molecule has 21 heavy (non-hydrogen) atoms. The van der Waals surface area contributed by atoms with E-state index in [-0.39, 0.29) is 6.03 Å². The smallest absolute Gasteiger partial charge is 0.329 e. The number of anilines is 2. The molecule has 1 aromatic rings. The number of aliphatic carboxylic acids is 1. The number of likely N-dealkylation sites (N-methyl/N-ethyl adjacent to an activating group) is 1. The molecule has 3 rings (SSSR count). The molecule has 1 aliphatic heterocycles. The molecule has 0 spiro atoms. The minimum atomic E-state index is -1.07. The van der Waals surface area contributed by atoms with Gasteiger partial charge in [0.1, 0.15) is 5.54 Å². The third-order valence-electron chi connectivity index (χ3n) is 4.45. The van der Waals surface area contributed by atoms with Crippen molar-refractivity contribution in [3.05, 3.63) is 24.3 Å². The van der Waals surface area contributed by atoms with Crippen LogP contribution in [0.1, 0.15) is 19.3 Å². The van der Waals surface area contributed by atoms with Gasteiger partial charge in [-0.3, -0.25) is 4.90 Å². The lowest BCUT2D eigenvalue weighted by Gasteiger charge is -2.41. The summed E-state index contributed by atoms with van der Waals surface area (Å²) in [5.74, 6) is -0.940. The predicted octanol–water partition coefficient (Wildman–Crippen LogP) is 1.66. The van der Waals surface area contributed by atoms with Crippen LogP contribution in [0.15, 0.2) is 24.3 Å². The number of benzene rings is 1. The summed E-state index contributed by atoms with van der Waals surface area (Å²) in [6.45, 7) is 1.28. The molecule has 2 amide bonds. The van der Waals surface area contributed by atoms with E-state index in [0.717, 1.165) is 24.3 Å². The van der Waals surface area contributed by atoms with Crippen molar-refractivity contribution < 1.29 is 14.7 Å². The Labute approximate surface area is 123 Å². The van der Waals surface area contributed by atoms with E-state index in [0.29, 0.717) is 19.4 Å². The Bertz CT molecular complexity index is 583. The van der Waals surface area contributed by atoms with E-state index in [1.165, 1.54) is 0 Å². The molecule has 0 atom stereocenters. The molecule has 112 valence electrons. The number of nitrogens with zero attached hydrogens (tertiary/aromatic N) is 2. The molecule has 6 heteroatoms. The summed E-state index contributed by atoms with van der Waals surface area (Å²) in [5, 5.41) is 12.1. The van der Waals surface area contributed by atoms with Crippen molar-refractivity contribution in [2.24, 2.45) is 0 Å². The van der Waals surface area contributed by atoms with E-state index in [2.05, 4.69) is 10.2 Å². The first-order chi connectivity index (χ1) is 10.0. The largest absolute Gasteiger partial charge is 0.480 e. The second-order valence-electron chi connectivity index (χ2n) is 5.73. The minimum Gasteiger partial charge on any atom is -0.480 e. The fourth-order valence-electron chi connectivity index (χ4n) is 2.91. The van der Waals surface area contributed by atoms with Crippen LogP contribution in [0.2, 0.25) is 0 Å². The van der Waals surface area contributed by atoms with Crippen LogP contribution in [0, 0.1) is 0 Å². The number of carbonyl (C=O) groups is 2. The number of nitrogens with one attached hydrogen (secondary N) is 1. The highest BCUT2D eigenvalue weighted by Gasteiger charge is 2.46. The molecule has 0 aromatic heterocycles. The lowest BCUT2D eigenvalue weighted by molar-refractivity contribution is -0.148. The average Bonchev–Trinajstić information content (AvgIpc) is 2.43. The number of hydrogen-bond donors (Lipinski definition) is 2. The predicted molar refractivity (Wildman–Crippen MR) is 79.8 cm³/mol. The summed E-state index contributed by atoms with van der Waals surface area (Å²) in [6, 6.07) is 7.34. The normalized spacial score (nSPS) is 19.5. The maximum absolute atomic E-state index is 12.5. The Balaban J connectivity index is 1.83. The van der Waals surface area contributed by atoms with Crippen molar-refractivity contribution in [3.8, 4) is 0 Å². The van der Waals surface area contributed by atoms with Crippen LogP contribution in [-0.4, -0.2) is 42.8 Å². The van der Waals surface area contributed by atoms with Crippen LogP contribution in [-0.2, 0) is 4.79 Å². The van der Waals surface area contributed by atoms with Gasteiger partial charge in [-0.2, -0.15) is 0 Å². The number of urea groups is 1. The first-order valence-electron chi connectivity index (χ1n) is 7.17. The topological polar surface area (TPSA) is 72.9 Å². The van der Waals surface area contributed by atoms with Gasteiger partial charge in [0, 0.05) is 20.1 Å². The number of amides is 2. The van der Waals surface area contributed by atoms with Crippen LogP contribution in [0.4, 0.5) is 16.2 Å². The fourth-order valence-corrected chi connectivity index (χ4v) is 2.91. The fraction of sp³-hybridized carbons (Fsp3) is 0.467. The quantitative estimate of drug-likeness (QED) is 0.868. The van der Waals surface area contributed by atoms with Gasteiger partial charge in [-0.25, -0.2) is 9.59 Å². The van der Waals surface area contributed by atoms with E-state index in [1.807, 2.05) is 31.3 Å². The van der Waals surface area contributed by atoms with Gasteiger partial charge in [-0.05, 0) is 31.4 Å². The van der Waals surface area contributed by atoms with Crippen LogP contribution in [0.25, 0.3) is 0 Å². The van der Waals surface area contributed by atoms with Crippen LogP contribution in [0.5, 0.6) is 0 Å². The summed E-state index contributed by atoms with van der Waals surface area (Å²) in [5.41, 5.74) is 0.732. The maximum atomic E-state index is 12.5. The summed E-state index contributed by atoms with van der Waals surface area (Å²) in [7, 11) is 1.98. The van der Waals surface area contributed by atoms with Crippen molar-refractivity contribution in [2.45, 2.75) is 24.8 Å². The zero-order valence-corrected chi connectivity index (χ0v) is 12.0. The van der Waals surface area contributed by atoms with Gasteiger partial charge in [0.15, 0.2) is 0 Å². The maximum Gasteiger partial charge on any atom is 0.329 e. The molecule has 0 bridgehead atoms. The Hall–Kier alpha value is -2.24. The lowest BCUT2D eigenvalue weighted by atomic mass is 9.77. The molecule has 6 nitrogen and oxygen atoms in total. The lowest BCUT2D eigenvalue weighted by Crippen LogP contribution is -2.62. The van der Waals surface area contributed by atoms with E-state index in [1.54, 1.807) is 4.90 Å². The molecule has 0 saturated heterocycles. The van der Waals surface area contributed by atoms with E-state index in [4.69, 9.17) is 0 Å². The van der Waals surface area contributed by atoms with Crippen LogP contribution < -0.4 is 15.1 Å². The van der Waals surface area contributed by atoms with Gasteiger partial charge >= 0.3 is 12.0 Å². The van der Waals surface area contributed by atoms with Crippen molar-refractivity contribution in [2.75, 3.05) is 29.9 Å². The van der Waals surface area contributed by atoms with Gasteiger partial charge in [0.05, 0.1) is 11.4 Å². The van der Waals surface area contributed by atoms with Crippen molar-refractivity contribution in [3.63, 3.8) is 0 Å². The first-order valence-corrected chi connectivity index (χ1v) is 7.17. The number of fused-ring (bicyclic) bond motifs is 1. The van der Waals surface area contributed by atoms with Crippen molar-refractivity contribution in [1.82, 2.24) is 5.32 Å². The molecule has 1 fully saturated rings.